The van der Waals surface area contributed by atoms with Crippen molar-refractivity contribution < 1.29 is 4.79 Å². The van der Waals surface area contributed by atoms with Crippen molar-refractivity contribution in [3.63, 3.8) is 0 Å². The van der Waals surface area contributed by atoms with Crippen molar-refractivity contribution >= 4 is 28.6 Å². The first kappa shape index (κ1) is 20.7. The van der Waals surface area contributed by atoms with E-state index < -0.39 is 5.91 Å². The number of hydrogen-bond acceptors (Lipinski definition) is 4. The number of primary amides is 1. The van der Waals surface area contributed by atoms with Gasteiger partial charge in [0.1, 0.15) is 0 Å². The zero-order valence-electron chi connectivity index (χ0n) is 17.4. The molecule has 0 aliphatic heterocycles. The van der Waals surface area contributed by atoms with Gasteiger partial charge in [-0.1, -0.05) is 62.7 Å². The molecule has 2 N–H and O–H groups in total. The van der Waals surface area contributed by atoms with Gasteiger partial charge in [0.2, 0.25) is 5.91 Å². The van der Waals surface area contributed by atoms with Gasteiger partial charge in [0.25, 0.3) is 5.56 Å². The number of carbonyl (C=O) groups is 1. The second kappa shape index (κ2) is 8.64. The van der Waals surface area contributed by atoms with E-state index in [0.29, 0.717) is 28.5 Å². The Kier molecular flexibility index (Phi) is 5.95. The zero-order chi connectivity index (χ0) is 21.3. The van der Waals surface area contributed by atoms with Crippen LogP contribution in [0, 0.1) is 11.8 Å². The summed E-state index contributed by atoms with van der Waals surface area (Å²) < 4.78 is 1.94. The first-order valence-corrected chi connectivity index (χ1v) is 11.5. The standard InChI is InChI=1S/C24H27N3O2S/c1-15-7-5-12-21(16(15)2)27-23(29)19-10-3-4-11-20(19)26-24(27)30-14-17-8-6-9-18(13-17)22(25)28/h3-4,6,8-11,13,15-16,21H,5,7,12,14H2,1-2H3,(H2,25,28). The van der Waals surface area contributed by atoms with E-state index in [1.54, 1.807) is 17.8 Å². The fourth-order valence-electron chi connectivity index (χ4n) is 4.40. The lowest BCUT2D eigenvalue weighted by Gasteiger charge is -2.36. The molecule has 1 aliphatic rings. The summed E-state index contributed by atoms with van der Waals surface area (Å²) in [7, 11) is 0. The number of carbonyl (C=O) groups excluding carboxylic acids is 1. The minimum absolute atomic E-state index is 0.0416. The molecule has 2 aromatic carbocycles. The Labute approximate surface area is 180 Å². The molecule has 3 unspecified atom stereocenters. The van der Waals surface area contributed by atoms with E-state index in [2.05, 4.69) is 13.8 Å². The molecule has 3 aromatic rings. The number of hydrogen-bond donors (Lipinski definition) is 1. The highest BCUT2D eigenvalue weighted by molar-refractivity contribution is 7.98. The number of amides is 1. The molecule has 1 saturated carbocycles. The Bertz CT molecular complexity index is 1140. The van der Waals surface area contributed by atoms with Gasteiger partial charge in [-0.2, -0.15) is 0 Å². The molecule has 156 valence electrons. The van der Waals surface area contributed by atoms with Crippen LogP contribution in [0.25, 0.3) is 10.9 Å². The highest BCUT2D eigenvalue weighted by Crippen LogP contribution is 2.39. The molecule has 1 heterocycles. The summed E-state index contributed by atoms with van der Waals surface area (Å²) in [4.78, 5) is 29.9. The monoisotopic (exact) mass is 421 g/mol. The Morgan fingerprint density at radius 1 is 1.17 bits per heavy atom. The summed E-state index contributed by atoms with van der Waals surface area (Å²) in [6.07, 6.45) is 3.33. The van der Waals surface area contributed by atoms with Gasteiger partial charge >= 0.3 is 0 Å². The van der Waals surface area contributed by atoms with Crippen molar-refractivity contribution in [1.82, 2.24) is 9.55 Å². The van der Waals surface area contributed by atoms with Gasteiger partial charge in [-0.15, -0.1) is 0 Å². The summed E-state index contributed by atoms with van der Waals surface area (Å²) >= 11 is 1.55. The van der Waals surface area contributed by atoms with E-state index in [-0.39, 0.29) is 11.6 Å². The third-order valence-corrected chi connectivity index (χ3v) is 7.37. The maximum atomic E-state index is 13.5. The highest BCUT2D eigenvalue weighted by atomic mass is 32.2. The van der Waals surface area contributed by atoms with Gasteiger partial charge < -0.3 is 5.73 Å². The predicted molar refractivity (Wildman–Crippen MR) is 122 cm³/mol. The van der Waals surface area contributed by atoms with Crippen LogP contribution in [-0.2, 0) is 5.75 Å². The molecule has 0 bridgehead atoms. The van der Waals surface area contributed by atoms with Gasteiger partial charge in [0, 0.05) is 17.4 Å². The van der Waals surface area contributed by atoms with Crippen LogP contribution in [0.5, 0.6) is 0 Å². The van der Waals surface area contributed by atoms with Crippen LogP contribution in [0.15, 0.2) is 58.5 Å². The van der Waals surface area contributed by atoms with Crippen LogP contribution in [-0.4, -0.2) is 15.5 Å². The first-order valence-electron chi connectivity index (χ1n) is 10.5. The molecule has 6 heteroatoms. The second-order valence-corrected chi connectivity index (χ2v) is 9.22. The minimum Gasteiger partial charge on any atom is -0.366 e. The quantitative estimate of drug-likeness (QED) is 0.475. The van der Waals surface area contributed by atoms with Crippen molar-refractivity contribution in [1.29, 1.82) is 0 Å². The smallest absolute Gasteiger partial charge is 0.262 e. The Morgan fingerprint density at radius 2 is 1.97 bits per heavy atom. The fourth-order valence-corrected chi connectivity index (χ4v) is 5.40. The summed E-state index contributed by atoms with van der Waals surface area (Å²) in [5.41, 5.74) is 7.66. The van der Waals surface area contributed by atoms with Crippen LogP contribution < -0.4 is 11.3 Å². The van der Waals surface area contributed by atoms with Gasteiger partial charge in [-0.25, -0.2) is 4.98 Å². The minimum atomic E-state index is -0.437. The van der Waals surface area contributed by atoms with Gasteiger partial charge in [0.05, 0.1) is 10.9 Å². The molecule has 0 radical (unpaired) electrons. The lowest BCUT2D eigenvalue weighted by atomic mass is 9.78. The van der Waals surface area contributed by atoms with E-state index in [9.17, 15) is 9.59 Å². The van der Waals surface area contributed by atoms with E-state index >= 15 is 0 Å². The summed E-state index contributed by atoms with van der Waals surface area (Å²) in [5, 5.41) is 1.41. The van der Waals surface area contributed by atoms with Crippen LogP contribution in [0.4, 0.5) is 0 Å². The van der Waals surface area contributed by atoms with Crippen LogP contribution in [0.3, 0.4) is 0 Å². The zero-order valence-corrected chi connectivity index (χ0v) is 18.2. The Morgan fingerprint density at radius 3 is 2.77 bits per heavy atom. The molecule has 30 heavy (non-hydrogen) atoms. The third kappa shape index (κ3) is 4.01. The molecule has 1 aromatic heterocycles. The molecule has 5 nitrogen and oxygen atoms in total. The molecule has 1 fully saturated rings. The third-order valence-electron chi connectivity index (χ3n) is 6.35. The van der Waals surface area contributed by atoms with E-state index in [0.717, 1.165) is 29.1 Å². The molecular weight excluding hydrogens is 394 g/mol. The van der Waals surface area contributed by atoms with Crippen molar-refractivity contribution in [2.24, 2.45) is 17.6 Å². The second-order valence-electron chi connectivity index (χ2n) is 8.27. The molecule has 1 amide bonds. The molecular formula is C24H27N3O2S. The molecule has 0 spiro atoms. The molecule has 3 atom stereocenters. The SMILES string of the molecule is CC1CCCC(n2c(SCc3cccc(C(N)=O)c3)nc3ccccc3c2=O)C1C. The number of rotatable bonds is 5. The number of nitrogens with zero attached hydrogens (tertiary/aromatic N) is 2. The normalized spacial score (nSPS) is 21.6. The van der Waals surface area contributed by atoms with Crippen molar-refractivity contribution in [2.75, 3.05) is 0 Å². The first-order chi connectivity index (χ1) is 14.5. The predicted octanol–water partition coefficient (Wildman–Crippen LogP) is 4.78. The molecule has 1 aliphatic carbocycles. The number of para-hydroxylation sites is 1. The largest absolute Gasteiger partial charge is 0.366 e. The van der Waals surface area contributed by atoms with Gasteiger partial charge in [-0.05, 0) is 48.1 Å². The number of aromatic nitrogens is 2. The summed E-state index contributed by atoms with van der Waals surface area (Å²) in [6.45, 7) is 4.53. The topological polar surface area (TPSA) is 78.0 Å². The maximum absolute atomic E-state index is 13.5. The average molecular weight is 422 g/mol. The number of benzene rings is 2. The van der Waals surface area contributed by atoms with Crippen molar-refractivity contribution in [2.45, 2.75) is 50.1 Å². The van der Waals surface area contributed by atoms with Crippen LogP contribution >= 0.6 is 11.8 Å². The molecule has 4 rings (SSSR count). The molecule has 0 saturated heterocycles. The maximum Gasteiger partial charge on any atom is 0.262 e. The Balaban J connectivity index is 1.75. The van der Waals surface area contributed by atoms with Crippen molar-refractivity contribution in [3.8, 4) is 0 Å². The number of fused-ring (bicyclic) bond motifs is 1. The average Bonchev–Trinajstić information content (AvgIpc) is 2.75. The lowest BCUT2D eigenvalue weighted by Crippen LogP contribution is -2.35. The van der Waals surface area contributed by atoms with Gasteiger partial charge in [0.15, 0.2) is 5.16 Å². The number of nitrogens with two attached hydrogens (primary N) is 1. The summed E-state index contributed by atoms with van der Waals surface area (Å²) in [6, 6.07) is 15.0. The van der Waals surface area contributed by atoms with Gasteiger partial charge in [-0.3, -0.25) is 14.2 Å². The van der Waals surface area contributed by atoms with E-state index in [4.69, 9.17) is 10.7 Å². The Hall–Kier alpha value is -2.60. The van der Waals surface area contributed by atoms with E-state index in [1.807, 2.05) is 47.0 Å². The fraction of sp³-hybridized carbons (Fsp3) is 0.375. The van der Waals surface area contributed by atoms with E-state index in [1.165, 1.54) is 6.42 Å². The van der Waals surface area contributed by atoms with Crippen LogP contribution in [0.1, 0.15) is 55.1 Å². The van der Waals surface area contributed by atoms with Crippen LogP contribution in [0.2, 0.25) is 0 Å². The lowest BCUT2D eigenvalue weighted by molar-refractivity contribution is 0.1000. The number of thioether (sulfide) groups is 1. The van der Waals surface area contributed by atoms with Crippen molar-refractivity contribution in [3.05, 3.63) is 70.0 Å². The highest BCUT2D eigenvalue weighted by Gasteiger charge is 2.31. The summed E-state index contributed by atoms with van der Waals surface area (Å²) in [5.74, 6) is 1.17.